The summed E-state index contributed by atoms with van der Waals surface area (Å²) in [5, 5.41) is 7.80. The van der Waals surface area contributed by atoms with E-state index < -0.39 is 10.0 Å². The molecule has 3 aromatic rings. The lowest BCUT2D eigenvalue weighted by Gasteiger charge is -2.11. The first-order chi connectivity index (χ1) is 14.0. The Morgan fingerprint density at radius 2 is 1.83 bits per heavy atom. The molecule has 2 heterocycles. The van der Waals surface area contributed by atoms with Gasteiger partial charge in [0.15, 0.2) is 5.76 Å². The van der Waals surface area contributed by atoms with Crippen molar-refractivity contribution in [2.75, 3.05) is 18.9 Å². The maximum absolute atomic E-state index is 12.8. The Hall–Kier alpha value is -3.01. The summed E-state index contributed by atoms with van der Waals surface area (Å²) in [5.74, 6) is 2.01. The average Bonchev–Trinajstić information content (AvgIpc) is 3.48. The summed E-state index contributed by atoms with van der Waals surface area (Å²) in [6.45, 7) is 0. The first kappa shape index (κ1) is 19.3. The third kappa shape index (κ3) is 3.93. The van der Waals surface area contributed by atoms with Gasteiger partial charge < -0.3 is 18.3 Å². The third-order valence-electron chi connectivity index (χ3n) is 4.85. The van der Waals surface area contributed by atoms with E-state index in [1.165, 1.54) is 32.4 Å². The summed E-state index contributed by atoms with van der Waals surface area (Å²) in [4.78, 5) is 0. The molecule has 4 rings (SSSR count). The van der Waals surface area contributed by atoms with E-state index >= 15 is 0 Å². The van der Waals surface area contributed by atoms with Crippen LogP contribution >= 0.6 is 0 Å². The number of rotatable bonds is 7. The average molecular weight is 419 g/mol. The summed E-state index contributed by atoms with van der Waals surface area (Å²) in [6, 6.07) is 7.62. The molecule has 2 aromatic heterocycles. The van der Waals surface area contributed by atoms with Crippen LogP contribution in [0.4, 0.5) is 5.69 Å². The molecule has 0 radical (unpaired) electrons. The summed E-state index contributed by atoms with van der Waals surface area (Å²) < 4.78 is 49.5. The van der Waals surface area contributed by atoms with Crippen molar-refractivity contribution in [3.8, 4) is 23.1 Å². The molecule has 1 N–H and O–H groups in total. The van der Waals surface area contributed by atoms with Gasteiger partial charge in [0.2, 0.25) is 11.0 Å². The van der Waals surface area contributed by atoms with Crippen molar-refractivity contribution >= 4 is 15.7 Å². The van der Waals surface area contributed by atoms with Crippen LogP contribution in [0.15, 0.2) is 44.3 Å². The van der Waals surface area contributed by atoms with Crippen molar-refractivity contribution in [2.45, 2.75) is 36.7 Å². The van der Waals surface area contributed by atoms with E-state index in [4.69, 9.17) is 18.3 Å². The predicted molar refractivity (Wildman–Crippen MR) is 104 cm³/mol. The second kappa shape index (κ2) is 7.78. The van der Waals surface area contributed by atoms with Crippen molar-refractivity contribution in [3.05, 3.63) is 36.2 Å². The second-order valence-electron chi connectivity index (χ2n) is 6.72. The number of nitrogens with zero attached hydrogens (tertiary/aromatic N) is 2. The molecule has 0 atom stereocenters. The Labute approximate surface area is 168 Å². The zero-order chi connectivity index (χ0) is 20.4. The highest BCUT2D eigenvalue weighted by Gasteiger charge is 2.26. The number of anilines is 1. The van der Waals surface area contributed by atoms with Crippen LogP contribution < -0.4 is 14.2 Å². The minimum atomic E-state index is -4.01. The number of furan rings is 1. The zero-order valence-corrected chi connectivity index (χ0v) is 16.9. The molecule has 0 amide bonds. The highest BCUT2D eigenvalue weighted by atomic mass is 32.2. The van der Waals surface area contributed by atoms with E-state index in [0.717, 1.165) is 25.7 Å². The van der Waals surface area contributed by atoms with Gasteiger partial charge in [0, 0.05) is 12.0 Å². The largest absolute Gasteiger partial charge is 0.497 e. The van der Waals surface area contributed by atoms with Crippen LogP contribution in [0, 0.1) is 0 Å². The molecule has 1 aliphatic rings. The standard InChI is InChI=1S/C19H21N3O6S/c1-25-13-7-8-15(26-2)14(11-13)22-29(23,24)17-10-9-16(27-17)19-21-20-18(28-19)12-5-3-4-6-12/h7-12,22H,3-6H2,1-2H3. The van der Waals surface area contributed by atoms with E-state index in [2.05, 4.69) is 14.9 Å². The number of aromatic nitrogens is 2. The molecular weight excluding hydrogens is 398 g/mol. The number of ether oxygens (including phenoxy) is 2. The van der Waals surface area contributed by atoms with Gasteiger partial charge in [0.25, 0.3) is 15.9 Å². The summed E-state index contributed by atoms with van der Waals surface area (Å²) in [6.07, 6.45) is 4.33. The third-order valence-corrected chi connectivity index (χ3v) is 6.09. The summed E-state index contributed by atoms with van der Waals surface area (Å²) >= 11 is 0. The van der Waals surface area contributed by atoms with Crippen LogP contribution in [0.2, 0.25) is 0 Å². The Morgan fingerprint density at radius 3 is 2.55 bits per heavy atom. The molecule has 0 saturated heterocycles. The molecule has 29 heavy (non-hydrogen) atoms. The van der Waals surface area contributed by atoms with Crippen LogP contribution in [0.25, 0.3) is 11.7 Å². The molecule has 154 valence electrons. The lowest BCUT2D eigenvalue weighted by Crippen LogP contribution is -2.13. The first-order valence-corrected chi connectivity index (χ1v) is 10.7. The van der Waals surface area contributed by atoms with Crippen molar-refractivity contribution < 1.29 is 26.7 Å². The Kier molecular flexibility index (Phi) is 5.18. The first-order valence-electron chi connectivity index (χ1n) is 9.18. The summed E-state index contributed by atoms with van der Waals surface area (Å²) in [5.41, 5.74) is 0.228. The molecule has 0 spiro atoms. The number of methoxy groups -OCH3 is 2. The van der Waals surface area contributed by atoms with E-state index in [1.807, 2.05) is 0 Å². The van der Waals surface area contributed by atoms with Crippen LogP contribution in [0.3, 0.4) is 0 Å². The molecule has 1 fully saturated rings. The molecule has 9 nitrogen and oxygen atoms in total. The number of sulfonamides is 1. The Morgan fingerprint density at radius 1 is 1.03 bits per heavy atom. The van der Waals surface area contributed by atoms with E-state index in [0.29, 0.717) is 17.4 Å². The van der Waals surface area contributed by atoms with Crippen molar-refractivity contribution in [3.63, 3.8) is 0 Å². The monoisotopic (exact) mass is 419 g/mol. The SMILES string of the molecule is COc1ccc(OC)c(NS(=O)(=O)c2ccc(-c3nnc(C4CCCC4)o3)o2)c1. The van der Waals surface area contributed by atoms with Gasteiger partial charge in [-0.05, 0) is 37.1 Å². The molecular formula is C19H21N3O6S. The van der Waals surface area contributed by atoms with Crippen LogP contribution in [-0.4, -0.2) is 32.8 Å². The smallest absolute Gasteiger partial charge is 0.295 e. The Balaban J connectivity index is 1.57. The molecule has 0 bridgehead atoms. The fraction of sp³-hybridized carbons (Fsp3) is 0.368. The molecule has 10 heteroatoms. The minimum absolute atomic E-state index is 0.160. The highest BCUT2D eigenvalue weighted by molar-refractivity contribution is 7.92. The van der Waals surface area contributed by atoms with Crippen molar-refractivity contribution in [2.24, 2.45) is 0 Å². The van der Waals surface area contributed by atoms with Gasteiger partial charge in [-0.25, -0.2) is 0 Å². The predicted octanol–water partition coefficient (Wildman–Crippen LogP) is 3.81. The van der Waals surface area contributed by atoms with Crippen molar-refractivity contribution in [1.82, 2.24) is 10.2 Å². The molecule has 1 aromatic carbocycles. The maximum atomic E-state index is 12.8. The normalized spacial score (nSPS) is 14.8. The lowest BCUT2D eigenvalue weighted by molar-refractivity contribution is 0.404. The molecule has 0 unspecified atom stereocenters. The van der Waals surface area contributed by atoms with E-state index in [1.54, 1.807) is 12.1 Å². The van der Waals surface area contributed by atoms with Crippen LogP contribution in [0.5, 0.6) is 11.5 Å². The van der Waals surface area contributed by atoms with Gasteiger partial charge in [-0.2, -0.15) is 8.42 Å². The van der Waals surface area contributed by atoms with Gasteiger partial charge in [-0.1, -0.05) is 12.8 Å². The fourth-order valence-electron chi connectivity index (χ4n) is 3.34. The number of nitrogens with one attached hydrogen (secondary N) is 1. The van der Waals surface area contributed by atoms with Gasteiger partial charge >= 0.3 is 0 Å². The number of benzene rings is 1. The minimum Gasteiger partial charge on any atom is -0.497 e. The Bertz CT molecular complexity index is 1100. The lowest BCUT2D eigenvalue weighted by atomic mass is 10.1. The van der Waals surface area contributed by atoms with Gasteiger partial charge in [-0.3, -0.25) is 4.72 Å². The van der Waals surface area contributed by atoms with Crippen LogP contribution in [0.1, 0.15) is 37.5 Å². The maximum Gasteiger partial charge on any atom is 0.295 e. The van der Waals surface area contributed by atoms with Gasteiger partial charge in [-0.15, -0.1) is 10.2 Å². The van der Waals surface area contributed by atoms with Gasteiger partial charge in [0.05, 0.1) is 19.9 Å². The van der Waals surface area contributed by atoms with E-state index in [-0.39, 0.29) is 28.3 Å². The molecule has 0 aliphatic heterocycles. The van der Waals surface area contributed by atoms with Gasteiger partial charge in [0.1, 0.15) is 11.5 Å². The van der Waals surface area contributed by atoms with Crippen molar-refractivity contribution in [1.29, 1.82) is 0 Å². The fourth-order valence-corrected chi connectivity index (χ4v) is 4.34. The molecule has 1 saturated carbocycles. The highest BCUT2D eigenvalue weighted by Crippen LogP contribution is 2.35. The quantitative estimate of drug-likeness (QED) is 0.614. The topological polar surface area (TPSA) is 117 Å². The van der Waals surface area contributed by atoms with E-state index in [9.17, 15) is 8.42 Å². The van der Waals surface area contributed by atoms with Crippen LogP contribution in [-0.2, 0) is 10.0 Å². The number of hydrogen-bond donors (Lipinski definition) is 1. The second-order valence-corrected chi connectivity index (χ2v) is 8.33. The molecule has 1 aliphatic carbocycles. The number of hydrogen-bond acceptors (Lipinski definition) is 8. The summed E-state index contributed by atoms with van der Waals surface area (Å²) in [7, 11) is -1.07. The zero-order valence-electron chi connectivity index (χ0n) is 16.0.